The van der Waals surface area contributed by atoms with Gasteiger partial charge in [0.2, 0.25) is 0 Å². The molecule has 6 nitrogen and oxygen atoms in total. The number of anilines is 1. The van der Waals surface area contributed by atoms with Crippen LogP contribution in [-0.4, -0.2) is 60.5 Å². The summed E-state index contributed by atoms with van der Waals surface area (Å²) in [6, 6.07) is 9.92. The van der Waals surface area contributed by atoms with E-state index in [2.05, 4.69) is 49.0 Å². The normalized spacial score (nSPS) is 15.3. The largest absolute Gasteiger partial charge is 0.354 e. The predicted molar refractivity (Wildman–Crippen MR) is 124 cm³/mol. The number of carbonyl (C=O) groups excluding carboxylic acids is 1. The molecule has 1 aliphatic rings. The zero-order valence-corrected chi connectivity index (χ0v) is 19.6. The van der Waals surface area contributed by atoms with Gasteiger partial charge in [0.15, 0.2) is 5.16 Å². The first-order valence-electron chi connectivity index (χ1n) is 10.6. The minimum absolute atomic E-state index is 0.0346. The number of amides is 1. The fourth-order valence-corrected chi connectivity index (χ4v) is 4.07. The zero-order valence-electron chi connectivity index (χ0n) is 18.7. The molecule has 0 bridgehead atoms. The summed E-state index contributed by atoms with van der Waals surface area (Å²) in [4.78, 5) is 26.6. The van der Waals surface area contributed by atoms with Gasteiger partial charge in [-0.25, -0.2) is 9.97 Å². The third-order valence-corrected chi connectivity index (χ3v) is 6.10. The van der Waals surface area contributed by atoms with Crippen molar-refractivity contribution in [2.75, 3.05) is 44.7 Å². The van der Waals surface area contributed by atoms with E-state index >= 15 is 0 Å². The van der Waals surface area contributed by atoms with E-state index in [4.69, 9.17) is 9.97 Å². The standard InChI is InChI=1S/C23H33N5OS/c1-6-24-21(29)18-9-7-8-17(14-18)16-30-22-25-19(23(2,3)4)15-20(26-22)28-12-10-27(5)11-13-28/h7-9,14-15H,6,10-13,16H2,1-5H3,(H,24,29). The number of aromatic nitrogens is 2. The van der Waals surface area contributed by atoms with Crippen molar-refractivity contribution >= 4 is 23.5 Å². The average Bonchev–Trinajstić information content (AvgIpc) is 2.72. The highest BCUT2D eigenvalue weighted by Gasteiger charge is 2.22. The number of nitrogens with zero attached hydrogens (tertiary/aromatic N) is 4. The molecule has 7 heteroatoms. The molecule has 1 aliphatic heterocycles. The highest BCUT2D eigenvalue weighted by molar-refractivity contribution is 7.98. The van der Waals surface area contributed by atoms with E-state index in [0.29, 0.717) is 12.1 Å². The first-order valence-corrected chi connectivity index (χ1v) is 11.6. The van der Waals surface area contributed by atoms with Gasteiger partial charge in [0, 0.05) is 55.5 Å². The van der Waals surface area contributed by atoms with Gasteiger partial charge in [-0.2, -0.15) is 0 Å². The number of carbonyl (C=O) groups is 1. The second-order valence-corrected chi connectivity index (χ2v) is 9.73. The maximum atomic E-state index is 12.1. The Morgan fingerprint density at radius 2 is 1.87 bits per heavy atom. The molecule has 2 aromatic rings. The van der Waals surface area contributed by atoms with Crippen LogP contribution in [0.1, 0.15) is 49.3 Å². The van der Waals surface area contributed by atoms with E-state index in [-0.39, 0.29) is 11.3 Å². The van der Waals surface area contributed by atoms with Crippen LogP contribution >= 0.6 is 11.8 Å². The number of likely N-dealkylation sites (N-methyl/N-ethyl adjacent to an activating group) is 1. The van der Waals surface area contributed by atoms with Crippen molar-refractivity contribution in [2.45, 2.75) is 44.0 Å². The van der Waals surface area contributed by atoms with Gasteiger partial charge in [0.1, 0.15) is 5.82 Å². The minimum Gasteiger partial charge on any atom is -0.354 e. The Labute approximate surface area is 184 Å². The summed E-state index contributed by atoms with van der Waals surface area (Å²) in [7, 11) is 2.16. The van der Waals surface area contributed by atoms with E-state index in [1.807, 2.05) is 31.2 Å². The van der Waals surface area contributed by atoms with Gasteiger partial charge in [-0.3, -0.25) is 4.79 Å². The van der Waals surface area contributed by atoms with Crippen molar-refractivity contribution < 1.29 is 4.79 Å². The molecular formula is C23H33N5OS. The van der Waals surface area contributed by atoms with Gasteiger partial charge < -0.3 is 15.1 Å². The Morgan fingerprint density at radius 1 is 1.13 bits per heavy atom. The number of nitrogens with one attached hydrogen (secondary N) is 1. The second kappa shape index (κ2) is 9.79. The molecule has 2 heterocycles. The number of hydrogen-bond donors (Lipinski definition) is 1. The zero-order chi connectivity index (χ0) is 21.7. The van der Waals surface area contributed by atoms with Crippen LogP contribution in [0.3, 0.4) is 0 Å². The third-order valence-electron chi connectivity index (χ3n) is 5.18. The van der Waals surface area contributed by atoms with E-state index in [9.17, 15) is 4.79 Å². The summed E-state index contributed by atoms with van der Waals surface area (Å²) in [5, 5.41) is 3.65. The Kier molecular flexibility index (Phi) is 7.36. The van der Waals surface area contributed by atoms with Crippen LogP contribution in [0.5, 0.6) is 0 Å². The number of thioether (sulfide) groups is 1. The third kappa shape index (κ3) is 5.95. The number of benzene rings is 1. The summed E-state index contributed by atoms with van der Waals surface area (Å²) < 4.78 is 0. The molecule has 0 spiro atoms. The topological polar surface area (TPSA) is 61.4 Å². The fraction of sp³-hybridized carbons (Fsp3) is 0.522. The lowest BCUT2D eigenvalue weighted by molar-refractivity contribution is 0.0955. The molecule has 0 atom stereocenters. The van der Waals surface area contributed by atoms with Gasteiger partial charge in [-0.05, 0) is 31.7 Å². The van der Waals surface area contributed by atoms with Crippen molar-refractivity contribution in [2.24, 2.45) is 0 Å². The summed E-state index contributed by atoms with van der Waals surface area (Å²) in [6.07, 6.45) is 0. The van der Waals surface area contributed by atoms with Crippen LogP contribution in [0, 0.1) is 0 Å². The number of hydrogen-bond acceptors (Lipinski definition) is 6. The van der Waals surface area contributed by atoms with E-state index in [1.54, 1.807) is 11.8 Å². The smallest absolute Gasteiger partial charge is 0.251 e. The Hall–Kier alpha value is -2.12. The van der Waals surface area contributed by atoms with Gasteiger partial charge in [-0.15, -0.1) is 0 Å². The first kappa shape index (κ1) is 22.6. The molecule has 1 saturated heterocycles. The van der Waals surface area contributed by atoms with Gasteiger partial charge in [0.05, 0.1) is 5.69 Å². The highest BCUT2D eigenvalue weighted by Crippen LogP contribution is 2.29. The average molecular weight is 428 g/mol. The lowest BCUT2D eigenvalue weighted by atomic mass is 9.92. The van der Waals surface area contributed by atoms with E-state index < -0.39 is 0 Å². The van der Waals surface area contributed by atoms with Crippen LogP contribution in [0.15, 0.2) is 35.5 Å². The Balaban J connectivity index is 1.79. The molecule has 0 saturated carbocycles. The maximum Gasteiger partial charge on any atom is 0.251 e. The second-order valence-electron chi connectivity index (χ2n) is 8.78. The molecule has 30 heavy (non-hydrogen) atoms. The van der Waals surface area contributed by atoms with Crippen molar-refractivity contribution in [1.29, 1.82) is 0 Å². The molecule has 1 aromatic heterocycles. The quantitative estimate of drug-likeness (QED) is 0.562. The van der Waals surface area contributed by atoms with Crippen molar-refractivity contribution in [3.8, 4) is 0 Å². The van der Waals surface area contributed by atoms with Gasteiger partial charge in [0.25, 0.3) is 5.91 Å². The van der Waals surface area contributed by atoms with E-state index in [0.717, 1.165) is 54.2 Å². The summed E-state index contributed by atoms with van der Waals surface area (Å²) >= 11 is 1.63. The van der Waals surface area contributed by atoms with Crippen LogP contribution in [0.2, 0.25) is 0 Å². The summed E-state index contributed by atoms with van der Waals surface area (Å²) in [5.74, 6) is 1.71. The monoisotopic (exact) mass is 427 g/mol. The van der Waals surface area contributed by atoms with Crippen LogP contribution in [-0.2, 0) is 11.2 Å². The number of rotatable bonds is 6. The van der Waals surface area contributed by atoms with Crippen molar-refractivity contribution in [3.63, 3.8) is 0 Å². The van der Waals surface area contributed by atoms with Crippen LogP contribution < -0.4 is 10.2 Å². The fourth-order valence-electron chi connectivity index (χ4n) is 3.27. The lowest BCUT2D eigenvalue weighted by Crippen LogP contribution is -2.45. The summed E-state index contributed by atoms with van der Waals surface area (Å²) in [5.41, 5.74) is 2.80. The summed E-state index contributed by atoms with van der Waals surface area (Å²) in [6.45, 7) is 13.2. The van der Waals surface area contributed by atoms with Gasteiger partial charge >= 0.3 is 0 Å². The Morgan fingerprint density at radius 3 is 2.53 bits per heavy atom. The van der Waals surface area contributed by atoms with Crippen molar-refractivity contribution in [3.05, 3.63) is 47.2 Å². The molecule has 3 rings (SSSR count). The minimum atomic E-state index is -0.0439. The van der Waals surface area contributed by atoms with Crippen molar-refractivity contribution in [1.82, 2.24) is 20.2 Å². The molecule has 1 N–H and O–H groups in total. The molecule has 0 aliphatic carbocycles. The molecule has 162 valence electrons. The van der Waals surface area contributed by atoms with Gasteiger partial charge in [-0.1, -0.05) is 44.7 Å². The lowest BCUT2D eigenvalue weighted by Gasteiger charge is -2.34. The SMILES string of the molecule is CCNC(=O)c1cccc(CSc2nc(N3CCN(C)CC3)cc(C(C)(C)C)n2)c1. The molecule has 0 unspecified atom stereocenters. The maximum absolute atomic E-state index is 12.1. The van der Waals surface area contributed by atoms with E-state index in [1.165, 1.54) is 0 Å². The first-order chi connectivity index (χ1) is 14.3. The molecule has 0 radical (unpaired) electrons. The van der Waals surface area contributed by atoms with Crippen LogP contribution in [0.4, 0.5) is 5.82 Å². The molecule has 1 fully saturated rings. The molecule has 1 amide bonds. The predicted octanol–water partition coefficient (Wildman–Crippen LogP) is 3.57. The highest BCUT2D eigenvalue weighted by atomic mass is 32.2. The van der Waals surface area contributed by atoms with Crippen LogP contribution in [0.25, 0.3) is 0 Å². The molecule has 1 aromatic carbocycles. The Bertz CT molecular complexity index is 872. The number of piperazine rings is 1. The molecular weight excluding hydrogens is 394 g/mol.